The molecular formula is C10H11ClN2OS. The fraction of sp³-hybridized carbons (Fsp3) is 0.400. The third-order valence-corrected chi connectivity index (χ3v) is 3.75. The van der Waals surface area contributed by atoms with Gasteiger partial charge in [-0.15, -0.1) is 0 Å². The quantitative estimate of drug-likeness (QED) is 0.862. The molecule has 5 heteroatoms. The minimum absolute atomic E-state index is 0.102. The van der Waals surface area contributed by atoms with Crippen LogP contribution in [-0.2, 0) is 0 Å². The Labute approximate surface area is 97.6 Å². The average molecular weight is 243 g/mol. The molecule has 1 aliphatic heterocycles. The molecule has 3 nitrogen and oxygen atoms in total. The Hall–Kier alpha value is -0.740. The van der Waals surface area contributed by atoms with E-state index in [-0.39, 0.29) is 11.9 Å². The van der Waals surface area contributed by atoms with E-state index in [4.69, 9.17) is 11.6 Å². The van der Waals surface area contributed by atoms with Crippen molar-refractivity contribution in [3.8, 4) is 0 Å². The second-order valence-electron chi connectivity index (χ2n) is 3.39. The van der Waals surface area contributed by atoms with Crippen LogP contribution in [0.15, 0.2) is 18.5 Å². The van der Waals surface area contributed by atoms with Gasteiger partial charge in [0.1, 0.15) is 0 Å². The zero-order valence-corrected chi connectivity index (χ0v) is 9.64. The first-order chi connectivity index (χ1) is 7.27. The number of rotatable bonds is 2. The molecule has 0 saturated carbocycles. The van der Waals surface area contributed by atoms with E-state index >= 15 is 0 Å². The summed E-state index contributed by atoms with van der Waals surface area (Å²) in [7, 11) is 0. The van der Waals surface area contributed by atoms with Crippen LogP contribution < -0.4 is 5.32 Å². The maximum atomic E-state index is 11.8. The molecule has 1 atom stereocenters. The number of nitrogens with one attached hydrogen (secondary N) is 1. The van der Waals surface area contributed by atoms with E-state index in [9.17, 15) is 4.79 Å². The van der Waals surface area contributed by atoms with E-state index in [0.29, 0.717) is 10.6 Å². The van der Waals surface area contributed by atoms with Crippen molar-refractivity contribution in [2.24, 2.45) is 0 Å². The molecule has 1 aliphatic rings. The van der Waals surface area contributed by atoms with Crippen LogP contribution in [0.4, 0.5) is 0 Å². The van der Waals surface area contributed by atoms with Crippen molar-refractivity contribution in [2.45, 2.75) is 12.5 Å². The summed E-state index contributed by atoms with van der Waals surface area (Å²) in [6.07, 6.45) is 4.10. The lowest BCUT2D eigenvalue weighted by atomic mass is 10.2. The number of aromatic nitrogens is 1. The molecule has 2 heterocycles. The van der Waals surface area contributed by atoms with E-state index in [1.807, 2.05) is 11.8 Å². The van der Waals surface area contributed by atoms with Gasteiger partial charge in [-0.1, -0.05) is 11.6 Å². The highest BCUT2D eigenvalue weighted by atomic mass is 35.5. The lowest BCUT2D eigenvalue weighted by molar-refractivity contribution is 0.0941. The van der Waals surface area contributed by atoms with Gasteiger partial charge in [0.25, 0.3) is 5.91 Å². The summed E-state index contributed by atoms with van der Waals surface area (Å²) in [4.78, 5) is 15.6. The van der Waals surface area contributed by atoms with E-state index < -0.39 is 0 Å². The molecule has 1 amide bonds. The monoisotopic (exact) mass is 242 g/mol. The summed E-state index contributed by atoms with van der Waals surface area (Å²) in [5.41, 5.74) is 0.503. The standard InChI is InChI=1S/C10H11ClN2OS/c11-9-5-12-3-1-8(9)10(14)13-7-2-4-15-6-7/h1,3,5,7H,2,4,6H2,(H,13,14). The summed E-state index contributed by atoms with van der Waals surface area (Å²) in [5, 5.41) is 3.37. The van der Waals surface area contributed by atoms with Crippen LogP contribution >= 0.6 is 23.4 Å². The van der Waals surface area contributed by atoms with Crippen molar-refractivity contribution in [2.75, 3.05) is 11.5 Å². The van der Waals surface area contributed by atoms with E-state index in [1.165, 1.54) is 6.20 Å². The summed E-state index contributed by atoms with van der Waals surface area (Å²) in [6, 6.07) is 1.92. The lowest BCUT2D eigenvalue weighted by Gasteiger charge is -2.11. The minimum atomic E-state index is -0.102. The number of carbonyl (C=O) groups excluding carboxylic acids is 1. The van der Waals surface area contributed by atoms with Crippen LogP contribution in [0.2, 0.25) is 5.02 Å². The number of hydrogen-bond acceptors (Lipinski definition) is 3. The normalized spacial score (nSPS) is 20.2. The molecule has 1 aromatic rings. The van der Waals surface area contributed by atoms with Crippen LogP contribution in [0.1, 0.15) is 16.8 Å². The number of hydrogen-bond donors (Lipinski definition) is 1. The van der Waals surface area contributed by atoms with Crippen LogP contribution in [0.3, 0.4) is 0 Å². The topological polar surface area (TPSA) is 42.0 Å². The van der Waals surface area contributed by atoms with Gasteiger partial charge in [-0.2, -0.15) is 11.8 Å². The van der Waals surface area contributed by atoms with E-state index in [2.05, 4.69) is 10.3 Å². The van der Waals surface area contributed by atoms with Crippen molar-refractivity contribution in [1.29, 1.82) is 0 Å². The van der Waals surface area contributed by atoms with E-state index in [1.54, 1.807) is 12.3 Å². The van der Waals surface area contributed by atoms with Gasteiger partial charge >= 0.3 is 0 Å². The van der Waals surface area contributed by atoms with Gasteiger partial charge in [-0.25, -0.2) is 0 Å². The molecule has 0 aliphatic carbocycles. The fourth-order valence-corrected chi connectivity index (χ4v) is 2.83. The van der Waals surface area contributed by atoms with Crippen LogP contribution in [0, 0.1) is 0 Å². The number of nitrogens with zero attached hydrogens (tertiary/aromatic N) is 1. The Bertz CT molecular complexity index is 366. The largest absolute Gasteiger partial charge is 0.348 e. The summed E-state index contributed by atoms with van der Waals surface area (Å²) in [5.74, 6) is 2.01. The van der Waals surface area contributed by atoms with Crippen LogP contribution in [0.25, 0.3) is 0 Å². The van der Waals surface area contributed by atoms with Crippen molar-refractivity contribution >= 4 is 29.3 Å². The molecule has 15 heavy (non-hydrogen) atoms. The average Bonchev–Trinajstić information content (AvgIpc) is 2.71. The minimum Gasteiger partial charge on any atom is -0.348 e. The summed E-state index contributed by atoms with van der Waals surface area (Å²) >= 11 is 7.74. The molecular weight excluding hydrogens is 232 g/mol. The van der Waals surface area contributed by atoms with Gasteiger partial charge < -0.3 is 5.32 Å². The third kappa shape index (κ3) is 2.63. The van der Waals surface area contributed by atoms with Gasteiger partial charge in [0, 0.05) is 24.2 Å². The summed E-state index contributed by atoms with van der Waals surface area (Å²) in [6.45, 7) is 0. The van der Waals surface area contributed by atoms with Gasteiger partial charge in [0.15, 0.2) is 0 Å². The van der Waals surface area contributed by atoms with Crippen LogP contribution in [-0.4, -0.2) is 28.4 Å². The molecule has 1 unspecified atom stereocenters. The molecule has 2 rings (SSSR count). The van der Waals surface area contributed by atoms with Crippen molar-refractivity contribution in [3.63, 3.8) is 0 Å². The Morgan fingerprint density at radius 1 is 1.67 bits per heavy atom. The maximum absolute atomic E-state index is 11.8. The summed E-state index contributed by atoms with van der Waals surface area (Å²) < 4.78 is 0. The number of pyridine rings is 1. The Morgan fingerprint density at radius 3 is 3.20 bits per heavy atom. The molecule has 0 aromatic carbocycles. The number of carbonyl (C=O) groups is 1. The van der Waals surface area contributed by atoms with Crippen molar-refractivity contribution in [1.82, 2.24) is 10.3 Å². The highest BCUT2D eigenvalue weighted by Gasteiger charge is 2.19. The van der Waals surface area contributed by atoms with Gasteiger partial charge in [-0.3, -0.25) is 9.78 Å². The smallest absolute Gasteiger partial charge is 0.253 e. The molecule has 0 bridgehead atoms. The number of halogens is 1. The predicted octanol–water partition coefficient (Wildman–Crippen LogP) is 1.97. The molecule has 80 valence electrons. The molecule has 1 aromatic heterocycles. The number of amides is 1. The van der Waals surface area contributed by atoms with Crippen molar-refractivity contribution in [3.05, 3.63) is 29.0 Å². The van der Waals surface area contributed by atoms with Crippen molar-refractivity contribution < 1.29 is 4.79 Å². The highest BCUT2D eigenvalue weighted by Crippen LogP contribution is 2.19. The van der Waals surface area contributed by atoms with E-state index in [0.717, 1.165) is 17.9 Å². The third-order valence-electron chi connectivity index (χ3n) is 2.28. The predicted molar refractivity (Wildman–Crippen MR) is 62.4 cm³/mol. The Morgan fingerprint density at radius 2 is 2.53 bits per heavy atom. The maximum Gasteiger partial charge on any atom is 0.253 e. The fourth-order valence-electron chi connectivity index (χ4n) is 1.47. The zero-order chi connectivity index (χ0) is 10.7. The van der Waals surface area contributed by atoms with Gasteiger partial charge in [0.05, 0.1) is 10.6 Å². The second-order valence-corrected chi connectivity index (χ2v) is 4.95. The van der Waals surface area contributed by atoms with Gasteiger partial charge in [0.2, 0.25) is 0 Å². The Balaban J connectivity index is 2.04. The molecule has 1 fully saturated rings. The zero-order valence-electron chi connectivity index (χ0n) is 8.07. The number of thioether (sulfide) groups is 1. The van der Waals surface area contributed by atoms with Gasteiger partial charge in [-0.05, 0) is 18.2 Å². The lowest BCUT2D eigenvalue weighted by Crippen LogP contribution is -2.34. The first-order valence-corrected chi connectivity index (χ1v) is 6.29. The second kappa shape index (κ2) is 4.86. The first-order valence-electron chi connectivity index (χ1n) is 4.75. The molecule has 0 radical (unpaired) electrons. The van der Waals surface area contributed by atoms with Crippen LogP contribution in [0.5, 0.6) is 0 Å². The molecule has 1 saturated heterocycles. The highest BCUT2D eigenvalue weighted by molar-refractivity contribution is 7.99. The SMILES string of the molecule is O=C(NC1CCSC1)c1ccncc1Cl. The Kier molecular flexibility index (Phi) is 3.49. The molecule has 1 N–H and O–H groups in total. The first kappa shape index (κ1) is 10.8. The molecule has 0 spiro atoms.